The highest BCUT2D eigenvalue weighted by atomic mass is 16.3. The van der Waals surface area contributed by atoms with Crippen LogP contribution in [0.25, 0.3) is 0 Å². The lowest BCUT2D eigenvalue weighted by Gasteiger charge is -2.32. The first-order chi connectivity index (χ1) is 6.27. The minimum Gasteiger partial charge on any atom is -0.396 e. The summed E-state index contributed by atoms with van der Waals surface area (Å²) >= 11 is 0. The first kappa shape index (κ1) is 10.7. The molecule has 1 saturated carbocycles. The molecule has 3 unspecified atom stereocenters. The van der Waals surface area contributed by atoms with Crippen molar-refractivity contribution >= 4 is 0 Å². The molecule has 1 aliphatic rings. The molecule has 0 amide bonds. The monoisotopic (exact) mass is 183 g/mol. The minimum absolute atomic E-state index is 0.321. The second-order valence-corrected chi connectivity index (χ2v) is 4.02. The van der Waals surface area contributed by atoms with Crippen LogP contribution in [0.4, 0.5) is 0 Å². The van der Waals surface area contributed by atoms with E-state index in [2.05, 4.69) is 18.8 Å². The molecule has 0 aromatic heterocycles. The quantitative estimate of drug-likeness (QED) is 0.650. The van der Waals surface area contributed by atoms with Crippen molar-refractivity contribution in [3.63, 3.8) is 0 Å². The molecule has 13 heavy (non-hydrogen) atoms. The van der Waals surface area contributed by atoms with E-state index in [0.29, 0.717) is 24.6 Å². The van der Waals surface area contributed by atoms with Gasteiger partial charge in [-0.05, 0) is 25.7 Å². The largest absolute Gasteiger partial charge is 0.396 e. The molecule has 3 atom stereocenters. The fraction of sp³-hybridized carbons (Fsp3) is 0.818. The SMILES string of the molecule is C=CC(C)NC1CCCCC1CO. The first-order valence-electron chi connectivity index (χ1n) is 5.27. The molecule has 0 heterocycles. The van der Waals surface area contributed by atoms with Crippen molar-refractivity contribution in [2.75, 3.05) is 6.61 Å². The zero-order valence-electron chi connectivity index (χ0n) is 8.50. The molecular weight excluding hydrogens is 162 g/mol. The van der Waals surface area contributed by atoms with Crippen LogP contribution in [0.15, 0.2) is 12.7 Å². The molecule has 0 aromatic rings. The van der Waals surface area contributed by atoms with Crippen molar-refractivity contribution in [1.29, 1.82) is 0 Å². The molecule has 0 bridgehead atoms. The second-order valence-electron chi connectivity index (χ2n) is 4.02. The van der Waals surface area contributed by atoms with Gasteiger partial charge in [-0.25, -0.2) is 0 Å². The fourth-order valence-corrected chi connectivity index (χ4v) is 2.05. The van der Waals surface area contributed by atoms with Crippen molar-refractivity contribution in [2.24, 2.45) is 5.92 Å². The highest BCUT2D eigenvalue weighted by Crippen LogP contribution is 2.24. The van der Waals surface area contributed by atoms with E-state index >= 15 is 0 Å². The van der Waals surface area contributed by atoms with Gasteiger partial charge in [0, 0.05) is 18.7 Å². The molecule has 2 N–H and O–H groups in total. The van der Waals surface area contributed by atoms with E-state index < -0.39 is 0 Å². The maximum absolute atomic E-state index is 9.18. The summed E-state index contributed by atoms with van der Waals surface area (Å²) < 4.78 is 0. The Morgan fingerprint density at radius 3 is 2.85 bits per heavy atom. The van der Waals surface area contributed by atoms with Crippen LogP contribution < -0.4 is 5.32 Å². The highest BCUT2D eigenvalue weighted by molar-refractivity contribution is 4.88. The molecule has 0 spiro atoms. The van der Waals surface area contributed by atoms with Crippen molar-refractivity contribution in [3.05, 3.63) is 12.7 Å². The summed E-state index contributed by atoms with van der Waals surface area (Å²) in [5.41, 5.74) is 0. The molecule has 2 nitrogen and oxygen atoms in total. The Labute approximate surface area is 81.0 Å². The zero-order valence-corrected chi connectivity index (χ0v) is 8.50. The summed E-state index contributed by atoms with van der Waals surface area (Å²) in [6, 6.07) is 0.851. The van der Waals surface area contributed by atoms with Gasteiger partial charge in [0.25, 0.3) is 0 Å². The van der Waals surface area contributed by atoms with Gasteiger partial charge < -0.3 is 10.4 Å². The number of hydrogen-bond acceptors (Lipinski definition) is 2. The van der Waals surface area contributed by atoms with Crippen LogP contribution in [0.5, 0.6) is 0 Å². The lowest BCUT2D eigenvalue weighted by molar-refractivity contribution is 0.150. The van der Waals surface area contributed by atoms with Gasteiger partial charge in [-0.15, -0.1) is 6.58 Å². The molecule has 0 radical (unpaired) electrons. The van der Waals surface area contributed by atoms with E-state index in [9.17, 15) is 5.11 Å². The van der Waals surface area contributed by atoms with Crippen LogP contribution in [0.3, 0.4) is 0 Å². The molecule has 0 saturated heterocycles. The average molecular weight is 183 g/mol. The molecule has 0 aliphatic heterocycles. The van der Waals surface area contributed by atoms with Gasteiger partial charge >= 0.3 is 0 Å². The van der Waals surface area contributed by atoms with Gasteiger partial charge in [0.15, 0.2) is 0 Å². The van der Waals surface area contributed by atoms with Gasteiger partial charge in [-0.1, -0.05) is 18.9 Å². The Kier molecular flexibility index (Phi) is 4.46. The maximum Gasteiger partial charge on any atom is 0.0474 e. The summed E-state index contributed by atoms with van der Waals surface area (Å²) in [5, 5.41) is 12.7. The molecule has 0 aromatic carbocycles. The van der Waals surface area contributed by atoms with Gasteiger partial charge in [0.2, 0.25) is 0 Å². The van der Waals surface area contributed by atoms with Crippen LogP contribution in [0.2, 0.25) is 0 Å². The van der Waals surface area contributed by atoms with E-state index in [1.807, 2.05) is 6.08 Å². The Morgan fingerprint density at radius 2 is 2.23 bits per heavy atom. The van der Waals surface area contributed by atoms with Crippen LogP contribution in [0.1, 0.15) is 32.6 Å². The number of nitrogens with one attached hydrogen (secondary N) is 1. The lowest BCUT2D eigenvalue weighted by atomic mass is 9.84. The summed E-state index contributed by atoms with van der Waals surface area (Å²) in [6.07, 6.45) is 6.84. The predicted molar refractivity (Wildman–Crippen MR) is 55.6 cm³/mol. The van der Waals surface area contributed by atoms with Crippen molar-refractivity contribution in [1.82, 2.24) is 5.32 Å². The fourth-order valence-electron chi connectivity index (χ4n) is 2.05. The standard InChI is InChI=1S/C11H21NO/c1-3-9(2)12-11-7-5-4-6-10(11)8-13/h3,9-13H,1,4-8H2,2H3. The van der Waals surface area contributed by atoms with Crippen molar-refractivity contribution in [3.8, 4) is 0 Å². The Morgan fingerprint density at radius 1 is 1.54 bits per heavy atom. The summed E-state index contributed by atoms with van der Waals surface area (Å²) in [5.74, 6) is 0.455. The molecule has 2 heteroatoms. The maximum atomic E-state index is 9.18. The first-order valence-corrected chi connectivity index (χ1v) is 5.27. The van der Waals surface area contributed by atoms with Crippen LogP contribution >= 0.6 is 0 Å². The van der Waals surface area contributed by atoms with E-state index in [4.69, 9.17) is 0 Å². The van der Waals surface area contributed by atoms with Gasteiger partial charge in [0.05, 0.1) is 0 Å². The van der Waals surface area contributed by atoms with Crippen molar-refractivity contribution < 1.29 is 5.11 Å². The average Bonchev–Trinajstić information content (AvgIpc) is 2.18. The predicted octanol–water partition coefficient (Wildman–Crippen LogP) is 1.70. The topological polar surface area (TPSA) is 32.3 Å². The van der Waals surface area contributed by atoms with Gasteiger partial charge in [0.1, 0.15) is 0 Å². The van der Waals surface area contributed by atoms with Gasteiger partial charge in [-0.3, -0.25) is 0 Å². The van der Waals surface area contributed by atoms with E-state index in [1.54, 1.807) is 0 Å². The van der Waals surface area contributed by atoms with Gasteiger partial charge in [-0.2, -0.15) is 0 Å². The Balaban J connectivity index is 2.39. The van der Waals surface area contributed by atoms with Crippen LogP contribution in [-0.2, 0) is 0 Å². The third-order valence-electron chi connectivity index (χ3n) is 2.97. The summed E-state index contributed by atoms with van der Waals surface area (Å²) in [7, 11) is 0. The molecular formula is C11H21NO. The molecule has 1 fully saturated rings. The van der Waals surface area contributed by atoms with Crippen LogP contribution in [0, 0.1) is 5.92 Å². The lowest BCUT2D eigenvalue weighted by Crippen LogP contribution is -2.43. The number of aliphatic hydroxyl groups is 1. The molecule has 1 aliphatic carbocycles. The normalized spacial score (nSPS) is 31.2. The molecule has 76 valence electrons. The van der Waals surface area contributed by atoms with E-state index in [0.717, 1.165) is 6.42 Å². The zero-order chi connectivity index (χ0) is 9.68. The van der Waals surface area contributed by atoms with E-state index in [1.165, 1.54) is 19.3 Å². The second kappa shape index (κ2) is 5.40. The third-order valence-corrected chi connectivity index (χ3v) is 2.97. The third kappa shape index (κ3) is 3.12. The number of hydrogen-bond donors (Lipinski definition) is 2. The van der Waals surface area contributed by atoms with Crippen LogP contribution in [-0.4, -0.2) is 23.8 Å². The summed E-state index contributed by atoms with van der Waals surface area (Å²) in [6.45, 7) is 6.18. The number of aliphatic hydroxyl groups excluding tert-OH is 1. The van der Waals surface area contributed by atoms with Crippen molar-refractivity contribution in [2.45, 2.75) is 44.7 Å². The smallest absolute Gasteiger partial charge is 0.0474 e. The van der Waals surface area contributed by atoms with E-state index in [-0.39, 0.29) is 0 Å². The number of rotatable bonds is 4. The highest BCUT2D eigenvalue weighted by Gasteiger charge is 2.24. The molecule has 1 rings (SSSR count). The Bertz CT molecular complexity index is 158. The summed E-state index contributed by atoms with van der Waals surface area (Å²) in [4.78, 5) is 0. The minimum atomic E-state index is 0.321. The Hall–Kier alpha value is -0.340.